The Kier molecular flexibility index (Phi) is 7.51. The lowest BCUT2D eigenvalue weighted by atomic mass is 9.76. The van der Waals surface area contributed by atoms with E-state index in [2.05, 4.69) is 11.6 Å². The fourth-order valence-electron chi connectivity index (χ4n) is 3.99. The van der Waals surface area contributed by atoms with E-state index in [0.717, 1.165) is 17.7 Å². The average Bonchev–Trinajstić information content (AvgIpc) is 2.80. The van der Waals surface area contributed by atoms with Gasteiger partial charge in [0.1, 0.15) is 11.7 Å². The topological polar surface area (TPSA) is 87.5 Å². The van der Waals surface area contributed by atoms with Crippen molar-refractivity contribution in [2.75, 3.05) is 0 Å². The zero-order chi connectivity index (χ0) is 24.1. The second kappa shape index (κ2) is 10.3. The van der Waals surface area contributed by atoms with Gasteiger partial charge in [-0.15, -0.1) is 0 Å². The number of benzene rings is 2. The number of aliphatic hydroxyl groups excluding tert-OH is 1. The van der Waals surface area contributed by atoms with Crippen LogP contribution in [0.25, 0.3) is 16.8 Å². The van der Waals surface area contributed by atoms with Crippen LogP contribution in [0.3, 0.4) is 0 Å². The molecular weight excluding hydrogens is 421 g/mol. The summed E-state index contributed by atoms with van der Waals surface area (Å²) in [5, 5.41) is 21.1. The summed E-state index contributed by atoms with van der Waals surface area (Å²) in [4.78, 5) is 29.9. The summed E-state index contributed by atoms with van der Waals surface area (Å²) in [7, 11) is 0. The van der Waals surface area contributed by atoms with Gasteiger partial charge in [0.25, 0.3) is 0 Å². The van der Waals surface area contributed by atoms with Gasteiger partial charge in [0.05, 0.1) is 17.7 Å². The van der Waals surface area contributed by atoms with Crippen LogP contribution in [0.15, 0.2) is 79.5 Å². The molecule has 0 amide bonds. The SMILES string of the molecule is C=C(c1cccnc1-c1ccccc1)C(O)C(C(=O)C(C(=O)O)c1ccc(F)cc1)C(C)C. The number of ketones is 1. The lowest BCUT2D eigenvalue weighted by Gasteiger charge is -2.29. The summed E-state index contributed by atoms with van der Waals surface area (Å²) >= 11 is 0. The Balaban J connectivity index is 1.99. The third kappa shape index (κ3) is 5.23. The van der Waals surface area contributed by atoms with Crippen molar-refractivity contribution in [3.05, 3.63) is 96.4 Å². The Hall–Kier alpha value is -3.64. The van der Waals surface area contributed by atoms with Gasteiger partial charge in [-0.3, -0.25) is 14.6 Å². The summed E-state index contributed by atoms with van der Waals surface area (Å²) in [6.45, 7) is 7.53. The molecule has 33 heavy (non-hydrogen) atoms. The molecule has 0 bridgehead atoms. The Morgan fingerprint density at radius 3 is 2.18 bits per heavy atom. The molecule has 0 saturated heterocycles. The quantitative estimate of drug-likeness (QED) is 0.452. The van der Waals surface area contributed by atoms with E-state index in [4.69, 9.17) is 0 Å². The van der Waals surface area contributed by atoms with Crippen LogP contribution >= 0.6 is 0 Å². The number of Topliss-reactive ketones (excluding diaryl/α,β-unsaturated/α-hetero) is 1. The largest absolute Gasteiger partial charge is 0.480 e. The zero-order valence-corrected chi connectivity index (χ0v) is 18.5. The van der Waals surface area contributed by atoms with Crippen molar-refractivity contribution in [2.45, 2.75) is 25.9 Å². The number of carboxylic acids is 1. The van der Waals surface area contributed by atoms with Crippen LogP contribution < -0.4 is 0 Å². The third-order valence-corrected chi connectivity index (χ3v) is 5.68. The second-order valence-electron chi connectivity index (χ2n) is 8.23. The number of halogens is 1. The van der Waals surface area contributed by atoms with E-state index in [1.54, 1.807) is 32.2 Å². The molecule has 3 atom stereocenters. The highest BCUT2D eigenvalue weighted by molar-refractivity contribution is 6.05. The lowest BCUT2D eigenvalue weighted by molar-refractivity contribution is -0.145. The minimum absolute atomic E-state index is 0.156. The molecule has 2 N–H and O–H groups in total. The van der Waals surface area contributed by atoms with E-state index in [9.17, 15) is 24.2 Å². The Morgan fingerprint density at radius 1 is 0.970 bits per heavy atom. The number of nitrogens with zero attached hydrogens (tertiary/aromatic N) is 1. The van der Waals surface area contributed by atoms with Crippen molar-refractivity contribution < 1.29 is 24.2 Å². The van der Waals surface area contributed by atoms with E-state index in [-0.39, 0.29) is 17.1 Å². The van der Waals surface area contributed by atoms with Crippen LogP contribution in [-0.2, 0) is 9.59 Å². The predicted octanol–water partition coefficient (Wildman–Crippen LogP) is 4.97. The van der Waals surface area contributed by atoms with Gasteiger partial charge in [0.2, 0.25) is 0 Å². The number of pyridine rings is 1. The fourth-order valence-corrected chi connectivity index (χ4v) is 3.99. The Labute approximate surface area is 192 Å². The first-order chi connectivity index (χ1) is 15.7. The number of hydrogen-bond donors (Lipinski definition) is 2. The first-order valence-corrected chi connectivity index (χ1v) is 10.6. The van der Waals surface area contributed by atoms with Gasteiger partial charge in [-0.05, 0) is 35.3 Å². The first kappa shape index (κ1) is 24.0. The molecule has 0 aliphatic heterocycles. The molecule has 3 unspecified atom stereocenters. The maximum absolute atomic E-state index is 13.5. The summed E-state index contributed by atoms with van der Waals surface area (Å²) in [6, 6.07) is 17.6. The standard InChI is InChI=1S/C27H26FNO4/c1-16(2)22(26(31)23(27(32)33)18-11-13-20(28)14-12-18)25(30)17(3)21-10-7-15-29-24(21)19-8-5-4-6-9-19/h4-16,22-23,25,30H,3H2,1-2H3,(H,32,33). The van der Waals surface area contributed by atoms with Gasteiger partial charge in [0.15, 0.2) is 5.78 Å². The molecule has 0 aliphatic carbocycles. The van der Waals surface area contributed by atoms with Gasteiger partial charge in [-0.2, -0.15) is 0 Å². The van der Waals surface area contributed by atoms with Gasteiger partial charge in [0, 0.05) is 17.3 Å². The van der Waals surface area contributed by atoms with Crippen LogP contribution in [0.4, 0.5) is 4.39 Å². The van der Waals surface area contributed by atoms with Crippen molar-refractivity contribution in [1.29, 1.82) is 0 Å². The maximum atomic E-state index is 13.5. The normalized spacial score (nSPS) is 13.8. The minimum atomic E-state index is -1.54. The number of hydrogen-bond acceptors (Lipinski definition) is 4. The van der Waals surface area contributed by atoms with Crippen molar-refractivity contribution in [3.8, 4) is 11.3 Å². The van der Waals surface area contributed by atoms with Gasteiger partial charge < -0.3 is 10.2 Å². The second-order valence-corrected chi connectivity index (χ2v) is 8.23. The lowest BCUT2D eigenvalue weighted by Crippen LogP contribution is -2.38. The molecule has 0 saturated carbocycles. The first-order valence-electron chi connectivity index (χ1n) is 10.6. The van der Waals surface area contributed by atoms with Gasteiger partial charge >= 0.3 is 5.97 Å². The molecule has 6 heteroatoms. The summed E-state index contributed by atoms with van der Waals surface area (Å²) < 4.78 is 13.3. The van der Waals surface area contributed by atoms with Crippen LogP contribution in [-0.4, -0.2) is 33.1 Å². The number of rotatable bonds is 9. The summed E-state index contributed by atoms with van der Waals surface area (Å²) in [6.07, 6.45) is 0.289. The molecule has 2 aromatic carbocycles. The molecule has 0 radical (unpaired) electrons. The van der Waals surface area contributed by atoms with Crippen LogP contribution in [0, 0.1) is 17.7 Å². The Bertz CT molecular complexity index is 1140. The van der Waals surface area contributed by atoms with E-state index in [1.165, 1.54) is 12.1 Å². The Morgan fingerprint density at radius 2 is 1.61 bits per heavy atom. The highest BCUT2D eigenvalue weighted by Crippen LogP contribution is 2.35. The number of carbonyl (C=O) groups is 2. The van der Waals surface area contributed by atoms with Crippen molar-refractivity contribution in [3.63, 3.8) is 0 Å². The molecule has 0 spiro atoms. The monoisotopic (exact) mass is 447 g/mol. The van der Waals surface area contributed by atoms with E-state index in [1.807, 2.05) is 30.3 Å². The highest BCUT2D eigenvalue weighted by atomic mass is 19.1. The highest BCUT2D eigenvalue weighted by Gasteiger charge is 2.40. The van der Waals surface area contributed by atoms with E-state index < -0.39 is 35.5 Å². The molecular formula is C27H26FNO4. The number of carbonyl (C=O) groups excluding carboxylic acids is 1. The number of carboxylic acid groups (broad SMARTS) is 1. The minimum Gasteiger partial charge on any atom is -0.480 e. The van der Waals surface area contributed by atoms with Crippen LogP contribution in [0.5, 0.6) is 0 Å². The van der Waals surface area contributed by atoms with Gasteiger partial charge in [-0.1, -0.05) is 69.0 Å². The number of aromatic nitrogens is 1. The molecule has 1 heterocycles. The van der Waals surface area contributed by atoms with Crippen molar-refractivity contribution in [1.82, 2.24) is 4.98 Å². The smallest absolute Gasteiger partial charge is 0.318 e. The molecule has 1 aromatic heterocycles. The van der Waals surface area contributed by atoms with Crippen LogP contribution in [0.1, 0.15) is 30.9 Å². The molecule has 0 fully saturated rings. The third-order valence-electron chi connectivity index (χ3n) is 5.68. The maximum Gasteiger partial charge on any atom is 0.318 e. The van der Waals surface area contributed by atoms with E-state index in [0.29, 0.717) is 11.3 Å². The van der Waals surface area contributed by atoms with Crippen LogP contribution in [0.2, 0.25) is 0 Å². The van der Waals surface area contributed by atoms with E-state index >= 15 is 0 Å². The molecule has 3 rings (SSSR count). The molecule has 5 nitrogen and oxygen atoms in total. The molecule has 0 aliphatic rings. The summed E-state index contributed by atoms with van der Waals surface area (Å²) in [5.74, 6) is -5.53. The number of aliphatic hydroxyl groups is 1. The average molecular weight is 448 g/mol. The zero-order valence-electron chi connectivity index (χ0n) is 18.5. The predicted molar refractivity (Wildman–Crippen MR) is 125 cm³/mol. The van der Waals surface area contributed by atoms with Crippen molar-refractivity contribution in [2.24, 2.45) is 11.8 Å². The molecule has 3 aromatic rings. The van der Waals surface area contributed by atoms with Gasteiger partial charge in [-0.25, -0.2) is 4.39 Å². The summed E-state index contributed by atoms with van der Waals surface area (Å²) in [5.41, 5.74) is 2.43. The number of aliphatic carboxylic acids is 1. The van der Waals surface area contributed by atoms with Crippen molar-refractivity contribution >= 4 is 17.3 Å². The fraction of sp³-hybridized carbons (Fsp3) is 0.222. The molecule has 170 valence electrons.